The van der Waals surface area contributed by atoms with Crippen LogP contribution in [0, 0.1) is 0 Å². The van der Waals surface area contributed by atoms with Crippen molar-refractivity contribution in [2.75, 3.05) is 13.1 Å². The van der Waals surface area contributed by atoms with E-state index in [0.717, 1.165) is 35.4 Å². The lowest BCUT2D eigenvalue weighted by atomic mass is 10.2. The Balaban J connectivity index is 1.58. The Hall–Kier alpha value is -1.48. The van der Waals surface area contributed by atoms with Crippen LogP contribution in [0.3, 0.4) is 0 Å². The van der Waals surface area contributed by atoms with E-state index in [-0.39, 0.29) is 5.91 Å². The van der Waals surface area contributed by atoms with E-state index in [1.807, 2.05) is 17.5 Å². The molecule has 0 spiro atoms. The number of rotatable bonds is 6. The zero-order valence-electron chi connectivity index (χ0n) is 14.4. The topological polar surface area (TPSA) is 66.5 Å². The standard InChI is InChI=1S/C18H22N2O3S3/c21-17(9-7-15-6-5-13-24-15)19-14-16-8-10-18(25-16)26(22,23)20-11-3-1-2-4-12-20/h5-10,13H,1-4,11-12,14H2,(H,19,21). The van der Waals surface area contributed by atoms with Gasteiger partial charge in [0, 0.05) is 28.9 Å². The summed E-state index contributed by atoms with van der Waals surface area (Å²) in [6.07, 6.45) is 7.28. The predicted octanol–water partition coefficient (Wildman–Crippen LogP) is 3.70. The third-order valence-corrected chi connectivity index (χ3v) is 8.46. The Morgan fingerprint density at radius 3 is 2.62 bits per heavy atom. The molecular weight excluding hydrogens is 388 g/mol. The minimum Gasteiger partial charge on any atom is -0.348 e. The zero-order valence-corrected chi connectivity index (χ0v) is 16.8. The summed E-state index contributed by atoms with van der Waals surface area (Å²) in [5.74, 6) is -0.191. The van der Waals surface area contributed by atoms with Crippen LogP contribution < -0.4 is 5.32 Å². The van der Waals surface area contributed by atoms with Crippen molar-refractivity contribution >= 4 is 44.7 Å². The number of amides is 1. The maximum Gasteiger partial charge on any atom is 0.252 e. The second-order valence-electron chi connectivity index (χ2n) is 6.11. The fourth-order valence-electron chi connectivity index (χ4n) is 2.78. The molecule has 2 aromatic heterocycles. The lowest BCUT2D eigenvalue weighted by Gasteiger charge is -2.18. The summed E-state index contributed by atoms with van der Waals surface area (Å²) in [4.78, 5) is 13.7. The Labute approximate surface area is 162 Å². The van der Waals surface area contributed by atoms with E-state index in [2.05, 4.69) is 5.32 Å². The summed E-state index contributed by atoms with van der Waals surface area (Å²) in [7, 11) is -3.42. The van der Waals surface area contributed by atoms with Gasteiger partial charge >= 0.3 is 0 Å². The Morgan fingerprint density at radius 1 is 1.15 bits per heavy atom. The molecule has 1 fully saturated rings. The van der Waals surface area contributed by atoms with Crippen LogP contribution in [-0.4, -0.2) is 31.7 Å². The van der Waals surface area contributed by atoms with Crippen molar-refractivity contribution in [2.45, 2.75) is 36.4 Å². The third kappa shape index (κ3) is 5.03. The van der Waals surface area contributed by atoms with Crippen LogP contribution in [-0.2, 0) is 21.4 Å². The monoisotopic (exact) mass is 410 g/mol. The largest absolute Gasteiger partial charge is 0.348 e. The van der Waals surface area contributed by atoms with Gasteiger partial charge in [0.05, 0.1) is 6.54 Å². The van der Waals surface area contributed by atoms with Crippen molar-refractivity contribution < 1.29 is 13.2 Å². The molecule has 3 heterocycles. The van der Waals surface area contributed by atoms with Gasteiger partial charge in [-0.2, -0.15) is 4.31 Å². The molecule has 3 rings (SSSR count). The van der Waals surface area contributed by atoms with E-state index in [4.69, 9.17) is 0 Å². The van der Waals surface area contributed by atoms with Gasteiger partial charge in [-0.1, -0.05) is 18.9 Å². The summed E-state index contributed by atoms with van der Waals surface area (Å²) < 4.78 is 27.5. The van der Waals surface area contributed by atoms with Crippen LogP contribution >= 0.6 is 22.7 Å². The van der Waals surface area contributed by atoms with Gasteiger partial charge in [0.2, 0.25) is 5.91 Å². The fraction of sp³-hybridized carbons (Fsp3) is 0.389. The smallest absolute Gasteiger partial charge is 0.252 e. The SMILES string of the molecule is O=C(C=Cc1cccs1)NCc1ccc(S(=O)(=O)N2CCCCCC2)s1. The number of thiophene rings is 2. The average molecular weight is 411 g/mol. The number of carbonyl (C=O) groups is 1. The van der Waals surface area contributed by atoms with Crippen LogP contribution in [0.2, 0.25) is 0 Å². The number of nitrogens with zero attached hydrogens (tertiary/aromatic N) is 1. The first-order valence-corrected chi connectivity index (χ1v) is 11.8. The van der Waals surface area contributed by atoms with E-state index in [9.17, 15) is 13.2 Å². The Bertz CT molecular complexity index is 846. The van der Waals surface area contributed by atoms with Gasteiger partial charge < -0.3 is 5.32 Å². The summed E-state index contributed by atoms with van der Waals surface area (Å²) >= 11 is 2.80. The molecule has 2 aromatic rings. The Kier molecular flexibility index (Phi) is 6.63. The molecule has 1 N–H and O–H groups in total. The number of carbonyl (C=O) groups excluding carboxylic acids is 1. The highest BCUT2D eigenvalue weighted by Gasteiger charge is 2.26. The molecule has 140 valence electrons. The highest BCUT2D eigenvalue weighted by molar-refractivity contribution is 7.91. The average Bonchev–Trinajstić information content (AvgIpc) is 3.24. The van der Waals surface area contributed by atoms with E-state index >= 15 is 0 Å². The van der Waals surface area contributed by atoms with E-state index < -0.39 is 10.0 Å². The van der Waals surface area contributed by atoms with E-state index in [0.29, 0.717) is 23.8 Å². The lowest BCUT2D eigenvalue weighted by molar-refractivity contribution is -0.116. The number of sulfonamides is 1. The van der Waals surface area contributed by atoms with Crippen molar-refractivity contribution in [3.63, 3.8) is 0 Å². The van der Waals surface area contributed by atoms with Gasteiger partial charge in [0.25, 0.3) is 10.0 Å². The molecule has 0 unspecified atom stereocenters. The Morgan fingerprint density at radius 2 is 1.92 bits per heavy atom. The van der Waals surface area contributed by atoms with Crippen LogP contribution in [0.4, 0.5) is 0 Å². The first-order chi connectivity index (χ1) is 12.6. The molecule has 0 aromatic carbocycles. The summed E-state index contributed by atoms with van der Waals surface area (Å²) in [6, 6.07) is 7.29. The predicted molar refractivity (Wildman–Crippen MR) is 107 cm³/mol. The molecule has 0 aliphatic carbocycles. The molecule has 0 bridgehead atoms. The second kappa shape index (κ2) is 8.94. The van der Waals surface area contributed by atoms with Gasteiger partial charge in [0.15, 0.2) is 0 Å². The molecule has 8 heteroatoms. The highest BCUT2D eigenvalue weighted by Crippen LogP contribution is 2.26. The van der Waals surface area contributed by atoms with Crippen molar-refractivity contribution in [1.82, 2.24) is 9.62 Å². The molecule has 0 saturated carbocycles. The van der Waals surface area contributed by atoms with E-state index in [1.165, 1.54) is 17.4 Å². The molecule has 0 atom stereocenters. The number of hydrogen-bond acceptors (Lipinski definition) is 5. The second-order valence-corrected chi connectivity index (χ2v) is 10.4. The maximum absolute atomic E-state index is 12.8. The van der Waals surface area contributed by atoms with Crippen LogP contribution in [0.25, 0.3) is 6.08 Å². The maximum atomic E-state index is 12.8. The van der Waals surface area contributed by atoms with Crippen molar-refractivity contribution in [2.24, 2.45) is 0 Å². The highest BCUT2D eigenvalue weighted by atomic mass is 32.2. The first kappa shape index (κ1) is 19.3. The quantitative estimate of drug-likeness (QED) is 0.739. The first-order valence-electron chi connectivity index (χ1n) is 8.64. The summed E-state index contributed by atoms with van der Waals surface area (Å²) in [5, 5.41) is 4.75. The zero-order chi connectivity index (χ0) is 18.4. The summed E-state index contributed by atoms with van der Waals surface area (Å²) in [5.41, 5.74) is 0. The molecule has 1 saturated heterocycles. The number of hydrogen-bond donors (Lipinski definition) is 1. The van der Waals surface area contributed by atoms with Gasteiger partial charge in [-0.3, -0.25) is 4.79 Å². The molecule has 1 amide bonds. The van der Waals surface area contributed by atoms with Crippen LogP contribution in [0.1, 0.15) is 35.4 Å². The van der Waals surface area contributed by atoms with Crippen molar-refractivity contribution in [3.05, 3.63) is 45.5 Å². The van der Waals surface area contributed by atoms with Crippen molar-refractivity contribution in [1.29, 1.82) is 0 Å². The third-order valence-electron chi connectivity index (χ3n) is 4.18. The molecule has 1 aliphatic heterocycles. The fourth-order valence-corrected chi connectivity index (χ4v) is 6.36. The van der Waals surface area contributed by atoms with Gasteiger partial charge in [0.1, 0.15) is 4.21 Å². The van der Waals surface area contributed by atoms with Gasteiger partial charge in [-0.05, 0) is 42.5 Å². The van der Waals surface area contributed by atoms with Gasteiger partial charge in [-0.15, -0.1) is 22.7 Å². The minimum absolute atomic E-state index is 0.191. The summed E-state index contributed by atoms with van der Waals surface area (Å²) in [6.45, 7) is 1.52. The number of nitrogens with one attached hydrogen (secondary N) is 1. The molecular formula is C18H22N2O3S3. The normalized spacial score (nSPS) is 16.6. The molecule has 0 radical (unpaired) electrons. The van der Waals surface area contributed by atoms with Crippen LogP contribution in [0.15, 0.2) is 39.9 Å². The molecule has 26 heavy (non-hydrogen) atoms. The lowest BCUT2D eigenvalue weighted by Crippen LogP contribution is -2.31. The van der Waals surface area contributed by atoms with E-state index in [1.54, 1.807) is 33.9 Å². The van der Waals surface area contributed by atoms with Crippen molar-refractivity contribution in [3.8, 4) is 0 Å². The molecule has 1 aliphatic rings. The minimum atomic E-state index is -3.42. The van der Waals surface area contributed by atoms with Gasteiger partial charge in [-0.25, -0.2) is 8.42 Å². The molecule has 5 nitrogen and oxygen atoms in total. The van der Waals surface area contributed by atoms with Crippen LogP contribution in [0.5, 0.6) is 0 Å².